The van der Waals surface area contributed by atoms with Gasteiger partial charge in [-0.05, 0) is 36.1 Å². The maximum absolute atomic E-state index is 4.40. The fourth-order valence-electron chi connectivity index (χ4n) is 2.31. The lowest BCUT2D eigenvalue weighted by molar-refractivity contribution is 0.968. The number of aryl methyl sites for hydroxylation is 2. The van der Waals surface area contributed by atoms with Crippen LogP contribution in [0.25, 0.3) is 10.9 Å². The molecule has 1 heterocycles. The maximum Gasteiger partial charge on any atom is 0.0704 e. The molecule has 18 heavy (non-hydrogen) atoms. The van der Waals surface area contributed by atoms with E-state index in [1.165, 1.54) is 16.5 Å². The summed E-state index contributed by atoms with van der Waals surface area (Å²) < 4.78 is 0. The normalized spacial score (nSPS) is 10.7. The predicted octanol–water partition coefficient (Wildman–Crippen LogP) is 4.02. The third-order valence-electron chi connectivity index (χ3n) is 3.26. The Morgan fingerprint density at radius 3 is 2.50 bits per heavy atom. The molecule has 0 unspecified atom stereocenters. The lowest BCUT2D eigenvalue weighted by Crippen LogP contribution is -1.92. The summed E-state index contributed by atoms with van der Waals surface area (Å²) >= 11 is 0. The van der Waals surface area contributed by atoms with E-state index in [1.54, 1.807) is 0 Å². The van der Waals surface area contributed by atoms with Crippen molar-refractivity contribution in [1.82, 2.24) is 4.98 Å². The first-order chi connectivity index (χ1) is 8.93. The molecular formula is C17H15N. The van der Waals surface area contributed by atoms with Crippen LogP contribution in [0.5, 0.6) is 0 Å². The molecule has 1 heteroatoms. The van der Waals surface area contributed by atoms with Crippen LogP contribution in [-0.2, 0) is 12.8 Å². The highest BCUT2D eigenvalue weighted by Crippen LogP contribution is 2.18. The van der Waals surface area contributed by atoms with Gasteiger partial charge >= 0.3 is 0 Å². The minimum Gasteiger partial charge on any atom is -0.256 e. The number of rotatable bonds is 3. The molecule has 2 aromatic carbocycles. The van der Waals surface area contributed by atoms with Crippen LogP contribution in [0.3, 0.4) is 0 Å². The standard InChI is InChI=1S/C17H15N/c1-2-6-14(7-3-1)11-12-15-8-4-10-17-16(15)9-5-13-18-17/h1-10,13H,11-12H2. The summed E-state index contributed by atoms with van der Waals surface area (Å²) in [5, 5.41) is 1.27. The molecule has 3 rings (SSSR count). The van der Waals surface area contributed by atoms with Crippen molar-refractivity contribution in [3.05, 3.63) is 78.0 Å². The van der Waals surface area contributed by atoms with E-state index in [4.69, 9.17) is 0 Å². The van der Waals surface area contributed by atoms with E-state index in [0.717, 1.165) is 18.4 Å². The largest absolute Gasteiger partial charge is 0.256 e. The Morgan fingerprint density at radius 1 is 0.722 bits per heavy atom. The fourth-order valence-corrected chi connectivity index (χ4v) is 2.31. The van der Waals surface area contributed by atoms with Gasteiger partial charge in [0.2, 0.25) is 0 Å². The van der Waals surface area contributed by atoms with Crippen molar-refractivity contribution in [3.63, 3.8) is 0 Å². The third kappa shape index (κ3) is 2.25. The van der Waals surface area contributed by atoms with Crippen molar-refractivity contribution >= 4 is 10.9 Å². The zero-order valence-corrected chi connectivity index (χ0v) is 10.2. The number of pyridine rings is 1. The topological polar surface area (TPSA) is 12.9 Å². The second-order valence-electron chi connectivity index (χ2n) is 4.47. The molecule has 0 amide bonds. The Kier molecular flexibility index (Phi) is 3.05. The molecule has 88 valence electrons. The predicted molar refractivity (Wildman–Crippen MR) is 75.6 cm³/mol. The monoisotopic (exact) mass is 233 g/mol. The van der Waals surface area contributed by atoms with E-state index < -0.39 is 0 Å². The highest BCUT2D eigenvalue weighted by Gasteiger charge is 2.01. The average molecular weight is 233 g/mol. The quantitative estimate of drug-likeness (QED) is 0.665. The second kappa shape index (κ2) is 5.01. The summed E-state index contributed by atoms with van der Waals surface area (Å²) in [6.45, 7) is 0. The minimum absolute atomic E-state index is 1.06. The molecule has 0 saturated carbocycles. The van der Waals surface area contributed by atoms with E-state index >= 15 is 0 Å². The Bertz CT molecular complexity index is 639. The van der Waals surface area contributed by atoms with Gasteiger partial charge in [-0.25, -0.2) is 0 Å². The van der Waals surface area contributed by atoms with Gasteiger partial charge in [0.05, 0.1) is 5.52 Å². The van der Waals surface area contributed by atoms with Crippen molar-refractivity contribution < 1.29 is 0 Å². The van der Waals surface area contributed by atoms with E-state index in [0.29, 0.717) is 0 Å². The molecule has 0 radical (unpaired) electrons. The van der Waals surface area contributed by atoms with Crippen LogP contribution < -0.4 is 0 Å². The van der Waals surface area contributed by atoms with Gasteiger partial charge in [0.1, 0.15) is 0 Å². The highest BCUT2D eigenvalue weighted by atomic mass is 14.6. The van der Waals surface area contributed by atoms with Gasteiger partial charge in [0, 0.05) is 11.6 Å². The first-order valence-corrected chi connectivity index (χ1v) is 6.30. The molecule has 0 N–H and O–H groups in total. The molecule has 0 aliphatic carbocycles. The molecule has 0 fully saturated rings. The number of fused-ring (bicyclic) bond motifs is 1. The SMILES string of the molecule is c1ccc(CCc2cccc3ncccc23)cc1. The van der Waals surface area contributed by atoms with Crippen LogP contribution in [-0.4, -0.2) is 4.98 Å². The van der Waals surface area contributed by atoms with Crippen molar-refractivity contribution in [2.45, 2.75) is 12.8 Å². The maximum atomic E-state index is 4.40. The molecule has 0 atom stereocenters. The molecular weight excluding hydrogens is 218 g/mol. The fraction of sp³-hybridized carbons (Fsp3) is 0.118. The lowest BCUT2D eigenvalue weighted by Gasteiger charge is -2.06. The molecule has 0 saturated heterocycles. The van der Waals surface area contributed by atoms with E-state index in [9.17, 15) is 0 Å². The van der Waals surface area contributed by atoms with Gasteiger partial charge in [-0.15, -0.1) is 0 Å². The smallest absolute Gasteiger partial charge is 0.0704 e. The van der Waals surface area contributed by atoms with E-state index in [2.05, 4.69) is 59.6 Å². The van der Waals surface area contributed by atoms with Crippen LogP contribution in [0.2, 0.25) is 0 Å². The number of nitrogens with zero attached hydrogens (tertiary/aromatic N) is 1. The van der Waals surface area contributed by atoms with Gasteiger partial charge in [-0.3, -0.25) is 4.98 Å². The van der Waals surface area contributed by atoms with Crippen LogP contribution in [0.1, 0.15) is 11.1 Å². The highest BCUT2D eigenvalue weighted by molar-refractivity contribution is 5.81. The molecule has 0 aliphatic heterocycles. The summed E-state index contributed by atoms with van der Waals surface area (Å²) in [5.74, 6) is 0. The summed E-state index contributed by atoms with van der Waals surface area (Å²) in [7, 11) is 0. The van der Waals surface area contributed by atoms with Crippen LogP contribution >= 0.6 is 0 Å². The van der Waals surface area contributed by atoms with E-state index in [-0.39, 0.29) is 0 Å². The van der Waals surface area contributed by atoms with Gasteiger partial charge in [0.25, 0.3) is 0 Å². The van der Waals surface area contributed by atoms with Gasteiger partial charge in [-0.1, -0.05) is 48.5 Å². The number of hydrogen-bond acceptors (Lipinski definition) is 1. The Hall–Kier alpha value is -2.15. The summed E-state index contributed by atoms with van der Waals surface area (Å²) in [4.78, 5) is 4.40. The van der Waals surface area contributed by atoms with Crippen LogP contribution in [0, 0.1) is 0 Å². The summed E-state index contributed by atoms with van der Waals surface area (Å²) in [6, 6.07) is 21.2. The Labute approximate surface area is 107 Å². The third-order valence-corrected chi connectivity index (χ3v) is 3.26. The molecule has 1 nitrogen and oxygen atoms in total. The van der Waals surface area contributed by atoms with Crippen molar-refractivity contribution in [1.29, 1.82) is 0 Å². The number of hydrogen-bond donors (Lipinski definition) is 0. The second-order valence-corrected chi connectivity index (χ2v) is 4.47. The summed E-state index contributed by atoms with van der Waals surface area (Å²) in [5.41, 5.74) is 3.85. The molecule has 0 spiro atoms. The number of aromatic nitrogens is 1. The molecule has 0 bridgehead atoms. The molecule has 3 aromatic rings. The van der Waals surface area contributed by atoms with Gasteiger partial charge in [-0.2, -0.15) is 0 Å². The molecule has 1 aromatic heterocycles. The van der Waals surface area contributed by atoms with Gasteiger partial charge < -0.3 is 0 Å². The van der Waals surface area contributed by atoms with Crippen molar-refractivity contribution in [2.24, 2.45) is 0 Å². The zero-order valence-electron chi connectivity index (χ0n) is 10.2. The first-order valence-electron chi connectivity index (χ1n) is 6.30. The minimum atomic E-state index is 1.06. The lowest BCUT2D eigenvalue weighted by atomic mass is 10.0. The van der Waals surface area contributed by atoms with E-state index in [1.807, 2.05) is 12.3 Å². The average Bonchev–Trinajstić information content (AvgIpc) is 2.46. The van der Waals surface area contributed by atoms with Crippen LogP contribution in [0.4, 0.5) is 0 Å². The Balaban J connectivity index is 1.87. The summed E-state index contributed by atoms with van der Waals surface area (Å²) in [6.07, 6.45) is 3.99. The van der Waals surface area contributed by atoms with Crippen LogP contribution in [0.15, 0.2) is 66.9 Å². The number of benzene rings is 2. The Morgan fingerprint density at radius 2 is 1.61 bits per heavy atom. The van der Waals surface area contributed by atoms with Crippen molar-refractivity contribution in [3.8, 4) is 0 Å². The first kappa shape index (κ1) is 11.0. The van der Waals surface area contributed by atoms with Crippen molar-refractivity contribution in [2.75, 3.05) is 0 Å². The molecule has 0 aliphatic rings. The zero-order chi connectivity index (χ0) is 12.2. The van der Waals surface area contributed by atoms with Gasteiger partial charge in [0.15, 0.2) is 0 Å².